The molecular weight excluding hydrogens is 367 g/mol. The highest BCUT2D eigenvalue weighted by atomic mass is 19.1. The third-order valence-corrected chi connectivity index (χ3v) is 5.56. The van der Waals surface area contributed by atoms with Gasteiger partial charge >= 0.3 is 0 Å². The second kappa shape index (κ2) is 8.76. The first-order valence-electron chi connectivity index (χ1n) is 10.0. The minimum absolute atomic E-state index is 0.310. The molecule has 1 aliphatic rings. The molecule has 0 aliphatic carbocycles. The Hall–Kier alpha value is -2.70. The summed E-state index contributed by atoms with van der Waals surface area (Å²) in [6, 6.07) is 14.8. The van der Waals surface area contributed by atoms with E-state index >= 15 is 0 Å². The van der Waals surface area contributed by atoms with Gasteiger partial charge in [0.05, 0.1) is 24.8 Å². The smallest absolute Gasteiger partial charge is 0.131 e. The van der Waals surface area contributed by atoms with E-state index in [1.807, 2.05) is 36.7 Å². The van der Waals surface area contributed by atoms with Gasteiger partial charge in [-0.15, -0.1) is 0 Å². The average molecular weight is 394 g/mol. The van der Waals surface area contributed by atoms with E-state index in [9.17, 15) is 4.39 Å². The Bertz CT molecular complexity index is 949. The molecule has 3 aromatic rings. The summed E-state index contributed by atoms with van der Waals surface area (Å²) in [6.07, 6.45) is 1.89. The number of hydrogen-bond donors (Lipinski definition) is 0. The molecule has 152 valence electrons. The molecule has 1 aliphatic heterocycles. The number of hydrogen-bond acceptors (Lipinski definition) is 4. The molecule has 0 amide bonds. The van der Waals surface area contributed by atoms with Crippen molar-refractivity contribution in [3.05, 3.63) is 60.7 Å². The first-order valence-corrected chi connectivity index (χ1v) is 10.0. The van der Waals surface area contributed by atoms with Gasteiger partial charge in [-0.1, -0.05) is 30.3 Å². The van der Waals surface area contributed by atoms with E-state index in [0.29, 0.717) is 5.75 Å². The van der Waals surface area contributed by atoms with E-state index < -0.39 is 0 Å². The van der Waals surface area contributed by atoms with Crippen LogP contribution in [-0.2, 0) is 6.54 Å². The monoisotopic (exact) mass is 394 g/mol. The zero-order chi connectivity index (χ0) is 20.2. The number of imidazole rings is 1. The van der Waals surface area contributed by atoms with Crippen molar-refractivity contribution in [2.45, 2.75) is 6.54 Å². The van der Waals surface area contributed by atoms with Crippen molar-refractivity contribution >= 4 is 0 Å². The van der Waals surface area contributed by atoms with Crippen LogP contribution in [0.15, 0.2) is 54.9 Å². The van der Waals surface area contributed by atoms with Crippen LogP contribution in [0.1, 0.15) is 0 Å². The zero-order valence-corrected chi connectivity index (χ0v) is 17.0. The number of benzene rings is 2. The van der Waals surface area contributed by atoms with Crippen molar-refractivity contribution in [2.24, 2.45) is 0 Å². The summed E-state index contributed by atoms with van der Waals surface area (Å²) in [4.78, 5) is 9.56. The fraction of sp³-hybridized carbons (Fsp3) is 0.348. The third-order valence-electron chi connectivity index (χ3n) is 5.56. The normalized spacial score (nSPS) is 15.6. The SMILES string of the molecule is COc1cc(F)ccc1-c1c(-c2ccccc2)ncn1CCN1CCN(C)CC1. The van der Waals surface area contributed by atoms with E-state index in [0.717, 1.165) is 61.8 Å². The molecule has 5 nitrogen and oxygen atoms in total. The van der Waals surface area contributed by atoms with E-state index in [1.165, 1.54) is 12.1 Å². The maximum atomic E-state index is 13.8. The molecule has 2 heterocycles. The van der Waals surface area contributed by atoms with Gasteiger partial charge < -0.3 is 14.2 Å². The van der Waals surface area contributed by atoms with Crippen LogP contribution in [0.4, 0.5) is 4.39 Å². The summed E-state index contributed by atoms with van der Waals surface area (Å²) in [5.74, 6) is 0.207. The van der Waals surface area contributed by atoms with E-state index in [1.54, 1.807) is 13.2 Å². The Morgan fingerprint density at radius 2 is 1.76 bits per heavy atom. The average Bonchev–Trinajstić information content (AvgIpc) is 3.17. The summed E-state index contributed by atoms with van der Waals surface area (Å²) >= 11 is 0. The van der Waals surface area contributed by atoms with Gasteiger partial charge in [-0.05, 0) is 19.2 Å². The molecule has 2 aromatic carbocycles. The first kappa shape index (κ1) is 19.6. The minimum Gasteiger partial charge on any atom is -0.496 e. The Balaban J connectivity index is 1.70. The number of methoxy groups -OCH3 is 1. The molecule has 0 unspecified atom stereocenters. The van der Waals surface area contributed by atoms with Crippen molar-refractivity contribution in [2.75, 3.05) is 46.9 Å². The number of aromatic nitrogens is 2. The molecule has 0 spiro atoms. The lowest BCUT2D eigenvalue weighted by Gasteiger charge is -2.32. The zero-order valence-electron chi connectivity index (χ0n) is 17.0. The van der Waals surface area contributed by atoms with E-state index in [-0.39, 0.29) is 5.82 Å². The lowest BCUT2D eigenvalue weighted by atomic mass is 10.0. The second-order valence-corrected chi connectivity index (χ2v) is 7.49. The standard InChI is InChI=1S/C23H27FN4O/c1-26-10-12-27(13-11-26)14-15-28-17-25-22(18-6-4-3-5-7-18)23(28)20-9-8-19(24)16-21(20)29-2/h3-9,16-17H,10-15H2,1-2H3. The summed E-state index contributed by atoms with van der Waals surface area (Å²) < 4.78 is 21.5. The second-order valence-electron chi connectivity index (χ2n) is 7.49. The minimum atomic E-state index is -0.310. The van der Waals surface area contributed by atoms with Crippen LogP contribution in [0.2, 0.25) is 0 Å². The van der Waals surface area contributed by atoms with Gasteiger partial charge in [0.25, 0.3) is 0 Å². The largest absolute Gasteiger partial charge is 0.496 e. The van der Waals surface area contributed by atoms with Crippen molar-refractivity contribution in [1.82, 2.24) is 19.4 Å². The van der Waals surface area contributed by atoms with Crippen LogP contribution in [-0.4, -0.2) is 66.2 Å². The molecule has 0 bridgehead atoms. The number of ether oxygens (including phenoxy) is 1. The number of likely N-dealkylation sites (N-methyl/N-ethyl adjacent to an activating group) is 1. The predicted molar refractivity (Wildman–Crippen MR) is 114 cm³/mol. The van der Waals surface area contributed by atoms with Crippen molar-refractivity contribution in [3.63, 3.8) is 0 Å². The van der Waals surface area contributed by atoms with Crippen LogP contribution in [0.3, 0.4) is 0 Å². The summed E-state index contributed by atoms with van der Waals surface area (Å²) in [5.41, 5.74) is 3.73. The van der Waals surface area contributed by atoms with Gasteiger partial charge in [0.15, 0.2) is 0 Å². The summed E-state index contributed by atoms with van der Waals surface area (Å²) in [7, 11) is 3.74. The van der Waals surface area contributed by atoms with Gasteiger partial charge in [0, 0.05) is 56.5 Å². The van der Waals surface area contributed by atoms with Gasteiger partial charge in [0.1, 0.15) is 11.6 Å². The fourth-order valence-electron chi connectivity index (χ4n) is 3.82. The maximum absolute atomic E-state index is 13.8. The molecular formula is C23H27FN4O. The lowest BCUT2D eigenvalue weighted by Crippen LogP contribution is -2.45. The Labute approximate surface area is 171 Å². The predicted octanol–water partition coefficient (Wildman–Crippen LogP) is 3.61. The van der Waals surface area contributed by atoms with Crippen LogP contribution in [0.25, 0.3) is 22.5 Å². The molecule has 0 atom stereocenters. The number of halogens is 1. The lowest BCUT2D eigenvalue weighted by molar-refractivity contribution is 0.150. The van der Waals surface area contributed by atoms with Crippen molar-refractivity contribution in [3.8, 4) is 28.3 Å². The van der Waals surface area contributed by atoms with Gasteiger partial charge in [-0.25, -0.2) is 9.37 Å². The molecule has 0 N–H and O–H groups in total. The third kappa shape index (κ3) is 4.33. The number of nitrogens with zero attached hydrogens (tertiary/aromatic N) is 4. The van der Waals surface area contributed by atoms with Crippen molar-refractivity contribution < 1.29 is 9.13 Å². The van der Waals surface area contributed by atoms with Crippen LogP contribution >= 0.6 is 0 Å². The van der Waals surface area contributed by atoms with Crippen molar-refractivity contribution in [1.29, 1.82) is 0 Å². The highest BCUT2D eigenvalue weighted by Gasteiger charge is 2.20. The molecule has 4 rings (SSSR count). The Morgan fingerprint density at radius 3 is 2.48 bits per heavy atom. The van der Waals surface area contributed by atoms with Gasteiger partial charge in [-0.2, -0.15) is 0 Å². The quantitative estimate of drug-likeness (QED) is 0.640. The molecule has 6 heteroatoms. The van der Waals surface area contributed by atoms with E-state index in [4.69, 9.17) is 9.72 Å². The molecule has 1 fully saturated rings. The van der Waals surface area contributed by atoms with Crippen LogP contribution < -0.4 is 4.74 Å². The van der Waals surface area contributed by atoms with E-state index in [2.05, 4.69) is 21.4 Å². The van der Waals surface area contributed by atoms with Gasteiger partial charge in [0.2, 0.25) is 0 Å². The number of piperazine rings is 1. The molecule has 29 heavy (non-hydrogen) atoms. The highest BCUT2D eigenvalue weighted by molar-refractivity contribution is 5.81. The van der Waals surface area contributed by atoms with Gasteiger partial charge in [-0.3, -0.25) is 4.90 Å². The highest BCUT2D eigenvalue weighted by Crippen LogP contribution is 2.37. The summed E-state index contributed by atoms with van der Waals surface area (Å²) in [5, 5.41) is 0. The molecule has 0 radical (unpaired) electrons. The Morgan fingerprint density at radius 1 is 1.00 bits per heavy atom. The number of rotatable bonds is 6. The molecule has 0 saturated carbocycles. The first-order chi connectivity index (χ1) is 14.2. The Kier molecular flexibility index (Phi) is 5.92. The summed E-state index contributed by atoms with van der Waals surface area (Å²) in [6.45, 7) is 6.11. The molecule has 1 saturated heterocycles. The molecule has 1 aromatic heterocycles. The fourth-order valence-corrected chi connectivity index (χ4v) is 3.82. The van der Waals surface area contributed by atoms with Crippen LogP contribution in [0.5, 0.6) is 5.75 Å². The topological polar surface area (TPSA) is 33.5 Å². The van der Waals surface area contributed by atoms with Crippen LogP contribution in [0, 0.1) is 5.82 Å². The maximum Gasteiger partial charge on any atom is 0.131 e.